The van der Waals surface area contributed by atoms with Crippen LogP contribution in [0.4, 0.5) is 0 Å². The normalized spacial score (nSPS) is 32.5. The summed E-state index contributed by atoms with van der Waals surface area (Å²) in [5, 5.41) is 3.62. The summed E-state index contributed by atoms with van der Waals surface area (Å²) in [5.74, 6) is 4.47. The van der Waals surface area contributed by atoms with Gasteiger partial charge < -0.3 is 5.32 Å². The lowest BCUT2D eigenvalue weighted by atomic mass is 9.80. The average Bonchev–Trinajstić information content (AvgIpc) is 2.11. The highest BCUT2D eigenvalue weighted by atomic mass is 14.9. The molecule has 0 spiro atoms. The van der Waals surface area contributed by atoms with Crippen LogP contribution in [0.5, 0.6) is 0 Å². The molecule has 0 aromatic carbocycles. The Labute approximate surface area is 88.7 Å². The van der Waals surface area contributed by atoms with Gasteiger partial charge in [-0.3, -0.25) is 0 Å². The van der Waals surface area contributed by atoms with Crippen LogP contribution in [0.15, 0.2) is 0 Å². The maximum Gasteiger partial charge on any atom is 0.00981 e. The fourth-order valence-electron chi connectivity index (χ4n) is 2.61. The zero-order valence-corrected chi connectivity index (χ0v) is 9.55. The number of hydrogen-bond acceptors (Lipinski definition) is 1. The highest BCUT2D eigenvalue weighted by Crippen LogP contribution is 2.28. The van der Waals surface area contributed by atoms with Gasteiger partial charge in [-0.05, 0) is 44.1 Å². The molecule has 1 saturated carbocycles. The average molecular weight is 193 g/mol. The van der Waals surface area contributed by atoms with E-state index in [9.17, 15) is 0 Å². The molecule has 0 bridgehead atoms. The molecule has 0 radical (unpaired) electrons. The van der Waals surface area contributed by atoms with Crippen molar-refractivity contribution >= 4 is 0 Å². The van der Waals surface area contributed by atoms with Gasteiger partial charge >= 0.3 is 0 Å². The van der Waals surface area contributed by atoms with E-state index in [1.54, 1.807) is 0 Å². The van der Waals surface area contributed by atoms with Crippen LogP contribution in [-0.4, -0.2) is 12.6 Å². The molecule has 2 unspecified atom stereocenters. The van der Waals surface area contributed by atoms with E-state index in [4.69, 9.17) is 6.42 Å². The molecule has 2 atom stereocenters. The van der Waals surface area contributed by atoms with Crippen LogP contribution in [0.2, 0.25) is 0 Å². The molecule has 1 rings (SSSR count). The van der Waals surface area contributed by atoms with Gasteiger partial charge in [-0.2, -0.15) is 0 Å². The largest absolute Gasteiger partial charge is 0.314 e. The Morgan fingerprint density at radius 1 is 1.21 bits per heavy atom. The molecule has 1 fully saturated rings. The Kier molecular flexibility index (Phi) is 5.04. The quantitative estimate of drug-likeness (QED) is 0.535. The van der Waals surface area contributed by atoms with E-state index in [-0.39, 0.29) is 0 Å². The lowest BCUT2D eigenvalue weighted by Gasteiger charge is -2.32. The van der Waals surface area contributed by atoms with E-state index in [1.807, 2.05) is 0 Å². The number of unbranched alkanes of at least 4 members (excludes halogenated alkanes) is 1. The monoisotopic (exact) mass is 193 g/mol. The third-order valence-electron chi connectivity index (χ3n) is 3.11. The SMILES string of the molecule is C#CCCCNC1CC(C)CC(C)C1. The Bertz CT molecular complexity index is 182. The summed E-state index contributed by atoms with van der Waals surface area (Å²) in [6.07, 6.45) is 11.3. The van der Waals surface area contributed by atoms with E-state index in [2.05, 4.69) is 25.1 Å². The summed E-state index contributed by atoms with van der Waals surface area (Å²) in [7, 11) is 0. The van der Waals surface area contributed by atoms with Gasteiger partial charge in [0.1, 0.15) is 0 Å². The molecule has 0 saturated heterocycles. The summed E-state index contributed by atoms with van der Waals surface area (Å²) in [6.45, 7) is 5.83. The van der Waals surface area contributed by atoms with Crippen molar-refractivity contribution in [2.45, 2.75) is 52.0 Å². The van der Waals surface area contributed by atoms with Gasteiger partial charge in [-0.25, -0.2) is 0 Å². The molecule has 1 aliphatic rings. The van der Waals surface area contributed by atoms with Crippen molar-refractivity contribution < 1.29 is 0 Å². The molecular weight excluding hydrogens is 170 g/mol. The fourth-order valence-corrected chi connectivity index (χ4v) is 2.61. The van der Waals surface area contributed by atoms with Crippen LogP contribution < -0.4 is 5.32 Å². The van der Waals surface area contributed by atoms with E-state index < -0.39 is 0 Å². The summed E-state index contributed by atoms with van der Waals surface area (Å²) >= 11 is 0. The summed E-state index contributed by atoms with van der Waals surface area (Å²) in [4.78, 5) is 0. The molecule has 0 amide bonds. The molecule has 0 heterocycles. The van der Waals surface area contributed by atoms with Gasteiger partial charge in [0, 0.05) is 12.5 Å². The zero-order valence-electron chi connectivity index (χ0n) is 9.55. The Morgan fingerprint density at radius 2 is 1.86 bits per heavy atom. The molecular formula is C13H23N. The van der Waals surface area contributed by atoms with Crippen molar-refractivity contribution in [2.75, 3.05) is 6.54 Å². The van der Waals surface area contributed by atoms with Crippen LogP contribution in [0, 0.1) is 24.2 Å². The van der Waals surface area contributed by atoms with Crippen LogP contribution in [0.25, 0.3) is 0 Å². The first-order chi connectivity index (χ1) is 6.72. The molecule has 0 aliphatic heterocycles. The van der Waals surface area contributed by atoms with Gasteiger partial charge in [-0.1, -0.05) is 13.8 Å². The molecule has 14 heavy (non-hydrogen) atoms. The molecule has 0 aromatic heterocycles. The van der Waals surface area contributed by atoms with Gasteiger partial charge in [0.25, 0.3) is 0 Å². The van der Waals surface area contributed by atoms with Gasteiger partial charge in [0.05, 0.1) is 0 Å². The second-order valence-electron chi connectivity index (χ2n) is 4.88. The Hall–Kier alpha value is -0.480. The second kappa shape index (κ2) is 6.09. The van der Waals surface area contributed by atoms with Crippen molar-refractivity contribution in [3.05, 3.63) is 0 Å². The van der Waals surface area contributed by atoms with Crippen molar-refractivity contribution in [1.82, 2.24) is 5.32 Å². The predicted octanol–water partition coefficient (Wildman–Crippen LogP) is 2.81. The number of rotatable bonds is 4. The van der Waals surface area contributed by atoms with Crippen LogP contribution in [0.1, 0.15) is 46.0 Å². The maximum atomic E-state index is 5.21. The maximum absolute atomic E-state index is 5.21. The minimum Gasteiger partial charge on any atom is -0.314 e. The molecule has 1 aliphatic carbocycles. The van der Waals surface area contributed by atoms with Crippen molar-refractivity contribution in [3.8, 4) is 12.3 Å². The van der Waals surface area contributed by atoms with Gasteiger partial charge in [0.2, 0.25) is 0 Å². The minimum atomic E-state index is 0.742. The Morgan fingerprint density at radius 3 is 2.43 bits per heavy atom. The molecule has 0 aromatic rings. The first-order valence-corrected chi connectivity index (χ1v) is 5.89. The lowest BCUT2D eigenvalue weighted by Crippen LogP contribution is -2.36. The highest BCUT2D eigenvalue weighted by Gasteiger charge is 2.22. The third kappa shape index (κ3) is 4.15. The van der Waals surface area contributed by atoms with E-state index in [0.717, 1.165) is 37.3 Å². The predicted molar refractivity (Wildman–Crippen MR) is 62.0 cm³/mol. The van der Waals surface area contributed by atoms with Crippen LogP contribution in [0.3, 0.4) is 0 Å². The van der Waals surface area contributed by atoms with E-state index in [1.165, 1.54) is 19.3 Å². The fraction of sp³-hybridized carbons (Fsp3) is 0.846. The molecule has 1 N–H and O–H groups in total. The van der Waals surface area contributed by atoms with Gasteiger partial charge in [-0.15, -0.1) is 12.3 Å². The Balaban J connectivity index is 2.14. The zero-order chi connectivity index (χ0) is 10.4. The van der Waals surface area contributed by atoms with E-state index >= 15 is 0 Å². The topological polar surface area (TPSA) is 12.0 Å². The van der Waals surface area contributed by atoms with Crippen molar-refractivity contribution in [1.29, 1.82) is 0 Å². The molecule has 1 heteroatoms. The second-order valence-corrected chi connectivity index (χ2v) is 4.88. The summed E-state index contributed by atoms with van der Waals surface area (Å²) < 4.78 is 0. The summed E-state index contributed by atoms with van der Waals surface area (Å²) in [6, 6.07) is 0.742. The smallest absolute Gasteiger partial charge is 0.00981 e. The standard InChI is InChI=1S/C13H23N/c1-4-5-6-7-14-13-9-11(2)8-12(3)10-13/h1,11-14H,5-10H2,2-3H3. The van der Waals surface area contributed by atoms with Crippen molar-refractivity contribution in [2.24, 2.45) is 11.8 Å². The van der Waals surface area contributed by atoms with Crippen molar-refractivity contribution in [3.63, 3.8) is 0 Å². The highest BCUT2D eigenvalue weighted by molar-refractivity contribution is 4.84. The first-order valence-electron chi connectivity index (χ1n) is 5.89. The molecule has 80 valence electrons. The number of terminal acetylenes is 1. The molecule has 1 nitrogen and oxygen atoms in total. The number of hydrogen-bond donors (Lipinski definition) is 1. The first kappa shape index (κ1) is 11.6. The third-order valence-corrected chi connectivity index (χ3v) is 3.11. The summed E-state index contributed by atoms with van der Waals surface area (Å²) in [5.41, 5.74) is 0. The van der Waals surface area contributed by atoms with E-state index in [0.29, 0.717) is 0 Å². The van der Waals surface area contributed by atoms with Gasteiger partial charge in [0.15, 0.2) is 0 Å². The number of nitrogens with one attached hydrogen (secondary N) is 1. The lowest BCUT2D eigenvalue weighted by molar-refractivity contribution is 0.239. The van der Waals surface area contributed by atoms with Crippen LogP contribution in [-0.2, 0) is 0 Å². The minimum absolute atomic E-state index is 0.742. The van der Waals surface area contributed by atoms with Crippen LogP contribution >= 0.6 is 0 Å².